The van der Waals surface area contributed by atoms with E-state index in [0.29, 0.717) is 16.7 Å². The average Bonchev–Trinajstić information content (AvgIpc) is 3.48. The summed E-state index contributed by atoms with van der Waals surface area (Å²) in [6.07, 6.45) is -0.273. The highest BCUT2D eigenvalue weighted by molar-refractivity contribution is 6.34. The smallest absolute Gasteiger partial charge is 0.352 e. The number of halogens is 5. The van der Waals surface area contributed by atoms with Gasteiger partial charge in [0, 0.05) is 21.7 Å². The Morgan fingerprint density at radius 1 is 1.12 bits per heavy atom. The molecule has 1 aliphatic rings. The van der Waals surface area contributed by atoms with Crippen molar-refractivity contribution in [2.75, 3.05) is 6.54 Å². The van der Waals surface area contributed by atoms with E-state index in [0.717, 1.165) is 18.9 Å². The molecule has 2 aromatic rings. The number of carbonyl (C=O) groups excluding carboxylic acids is 2. The van der Waals surface area contributed by atoms with Gasteiger partial charge in [-0.1, -0.05) is 47.5 Å². The van der Waals surface area contributed by atoms with Crippen LogP contribution in [-0.4, -0.2) is 30.6 Å². The van der Waals surface area contributed by atoms with Crippen LogP contribution < -0.4 is 10.6 Å². The standard InChI is InChI=1S/C23H21Cl2F3N2O2/c1-13-8-14(2-6-19(13)22(32)29-12-21(31)30-18-4-5-18)3-7-20(23(26,27)28)15-9-16(24)11-17(25)10-15/h2-3,6-11,18,20H,4-5,12H2,1H3,(H,29,32)(H,30,31)/b7-3-. The summed E-state index contributed by atoms with van der Waals surface area (Å²) in [4.78, 5) is 24.1. The van der Waals surface area contributed by atoms with Gasteiger partial charge < -0.3 is 10.6 Å². The first kappa shape index (κ1) is 24.1. The number of carbonyl (C=O) groups is 2. The average molecular weight is 485 g/mol. The van der Waals surface area contributed by atoms with Crippen molar-refractivity contribution < 1.29 is 22.8 Å². The zero-order valence-electron chi connectivity index (χ0n) is 17.1. The van der Waals surface area contributed by atoms with Gasteiger partial charge in [0.2, 0.25) is 5.91 Å². The lowest BCUT2D eigenvalue weighted by Gasteiger charge is -2.18. The van der Waals surface area contributed by atoms with Crippen molar-refractivity contribution in [1.29, 1.82) is 0 Å². The van der Waals surface area contributed by atoms with Gasteiger partial charge in [-0.05, 0) is 60.7 Å². The van der Waals surface area contributed by atoms with E-state index in [2.05, 4.69) is 10.6 Å². The van der Waals surface area contributed by atoms with Gasteiger partial charge in [-0.15, -0.1) is 0 Å². The Labute approximate surface area is 193 Å². The van der Waals surface area contributed by atoms with Gasteiger partial charge in [-0.3, -0.25) is 9.59 Å². The number of amides is 2. The lowest BCUT2D eigenvalue weighted by atomic mass is 9.96. The minimum atomic E-state index is -4.54. The van der Waals surface area contributed by atoms with E-state index in [1.807, 2.05) is 0 Å². The molecule has 0 radical (unpaired) electrons. The maximum Gasteiger partial charge on any atom is 0.399 e. The Bertz CT molecular complexity index is 1030. The van der Waals surface area contributed by atoms with Gasteiger partial charge in [0.05, 0.1) is 12.5 Å². The fraction of sp³-hybridized carbons (Fsp3) is 0.304. The number of rotatable bonds is 7. The highest BCUT2D eigenvalue weighted by atomic mass is 35.5. The minimum Gasteiger partial charge on any atom is -0.352 e. The molecule has 9 heteroatoms. The Morgan fingerprint density at radius 2 is 1.78 bits per heavy atom. The normalized spacial score (nSPS) is 14.9. The highest BCUT2D eigenvalue weighted by Crippen LogP contribution is 2.38. The predicted molar refractivity (Wildman–Crippen MR) is 119 cm³/mol. The molecule has 1 aliphatic carbocycles. The SMILES string of the molecule is Cc1cc(/C=C\C(c2cc(Cl)cc(Cl)c2)C(F)(F)F)ccc1C(=O)NCC(=O)NC1CC1. The molecule has 3 rings (SSSR count). The molecule has 32 heavy (non-hydrogen) atoms. The molecule has 2 N–H and O–H groups in total. The van der Waals surface area contributed by atoms with Crippen molar-refractivity contribution in [2.24, 2.45) is 0 Å². The molecule has 0 spiro atoms. The van der Waals surface area contributed by atoms with Gasteiger partial charge in [0.1, 0.15) is 0 Å². The van der Waals surface area contributed by atoms with Crippen LogP contribution in [0.3, 0.4) is 0 Å². The molecule has 2 amide bonds. The van der Waals surface area contributed by atoms with Crippen molar-refractivity contribution in [2.45, 2.75) is 37.9 Å². The number of allylic oxidation sites excluding steroid dienone is 1. The Balaban J connectivity index is 1.72. The van der Waals surface area contributed by atoms with Crippen molar-refractivity contribution in [3.8, 4) is 0 Å². The van der Waals surface area contributed by atoms with E-state index >= 15 is 0 Å². The summed E-state index contributed by atoms with van der Waals surface area (Å²) in [5.74, 6) is -2.57. The van der Waals surface area contributed by atoms with Crippen LogP contribution >= 0.6 is 23.2 Å². The van der Waals surface area contributed by atoms with E-state index < -0.39 is 18.0 Å². The second-order valence-corrected chi connectivity index (χ2v) is 8.55. The summed E-state index contributed by atoms with van der Waals surface area (Å²) in [5, 5.41) is 5.56. The molecular weight excluding hydrogens is 464 g/mol. The van der Waals surface area contributed by atoms with Crippen LogP contribution in [0.4, 0.5) is 13.2 Å². The summed E-state index contributed by atoms with van der Waals surface area (Å²) in [5.41, 5.74) is 1.34. The fourth-order valence-corrected chi connectivity index (χ4v) is 3.72. The third kappa shape index (κ3) is 6.74. The summed E-state index contributed by atoms with van der Waals surface area (Å²) in [7, 11) is 0. The zero-order chi connectivity index (χ0) is 23.5. The third-order valence-electron chi connectivity index (χ3n) is 4.92. The summed E-state index contributed by atoms with van der Waals surface area (Å²) in [6, 6.07) is 8.70. The summed E-state index contributed by atoms with van der Waals surface area (Å²) < 4.78 is 40.9. The molecule has 0 aliphatic heterocycles. The molecule has 0 heterocycles. The molecule has 2 aromatic carbocycles. The molecule has 170 valence electrons. The lowest BCUT2D eigenvalue weighted by molar-refractivity contribution is -0.139. The maximum absolute atomic E-state index is 13.6. The number of aryl methyl sites for hydroxylation is 1. The van der Waals surface area contributed by atoms with E-state index in [-0.39, 0.29) is 34.1 Å². The van der Waals surface area contributed by atoms with Crippen LogP contribution in [0.25, 0.3) is 6.08 Å². The van der Waals surface area contributed by atoms with Crippen LogP contribution in [0.5, 0.6) is 0 Å². The molecule has 0 aromatic heterocycles. The first-order chi connectivity index (χ1) is 15.0. The molecule has 4 nitrogen and oxygen atoms in total. The molecule has 1 atom stereocenters. The second-order valence-electron chi connectivity index (χ2n) is 7.68. The van der Waals surface area contributed by atoms with Crippen molar-refractivity contribution >= 4 is 41.1 Å². The lowest BCUT2D eigenvalue weighted by Crippen LogP contribution is -2.38. The second kappa shape index (κ2) is 9.96. The molecular formula is C23H21Cl2F3N2O2. The third-order valence-corrected chi connectivity index (χ3v) is 5.36. The van der Waals surface area contributed by atoms with Crippen LogP contribution in [0.1, 0.15) is 45.8 Å². The van der Waals surface area contributed by atoms with Crippen molar-refractivity contribution in [1.82, 2.24) is 10.6 Å². The first-order valence-electron chi connectivity index (χ1n) is 9.92. The number of hydrogen-bond donors (Lipinski definition) is 2. The summed E-state index contributed by atoms with van der Waals surface area (Å²) >= 11 is 11.7. The van der Waals surface area contributed by atoms with Crippen LogP contribution in [0.15, 0.2) is 42.5 Å². The van der Waals surface area contributed by atoms with Crippen LogP contribution in [-0.2, 0) is 4.79 Å². The highest BCUT2D eigenvalue weighted by Gasteiger charge is 2.39. The molecule has 1 unspecified atom stereocenters. The quantitative estimate of drug-likeness (QED) is 0.531. The molecule has 1 saturated carbocycles. The molecule has 0 bridgehead atoms. The molecule has 0 saturated heterocycles. The number of benzene rings is 2. The minimum absolute atomic E-state index is 0.0663. The predicted octanol–water partition coefficient (Wildman–Crippen LogP) is 5.67. The van der Waals surface area contributed by atoms with E-state index in [4.69, 9.17) is 23.2 Å². The molecule has 1 fully saturated rings. The van der Waals surface area contributed by atoms with Gasteiger partial charge >= 0.3 is 6.18 Å². The van der Waals surface area contributed by atoms with Crippen LogP contribution in [0, 0.1) is 6.92 Å². The topological polar surface area (TPSA) is 58.2 Å². The number of nitrogens with one attached hydrogen (secondary N) is 2. The first-order valence-corrected chi connectivity index (χ1v) is 10.7. The number of alkyl halides is 3. The van der Waals surface area contributed by atoms with Gasteiger partial charge in [-0.2, -0.15) is 13.2 Å². The van der Waals surface area contributed by atoms with Crippen molar-refractivity contribution in [3.63, 3.8) is 0 Å². The Hall–Kier alpha value is -2.51. The summed E-state index contributed by atoms with van der Waals surface area (Å²) in [6.45, 7) is 1.54. The van der Waals surface area contributed by atoms with E-state index in [1.54, 1.807) is 19.1 Å². The van der Waals surface area contributed by atoms with Crippen LogP contribution in [0.2, 0.25) is 10.0 Å². The monoisotopic (exact) mass is 484 g/mol. The maximum atomic E-state index is 13.6. The number of hydrogen-bond acceptors (Lipinski definition) is 2. The largest absolute Gasteiger partial charge is 0.399 e. The van der Waals surface area contributed by atoms with E-state index in [9.17, 15) is 22.8 Å². The van der Waals surface area contributed by atoms with Gasteiger partial charge in [0.25, 0.3) is 5.91 Å². The van der Waals surface area contributed by atoms with Gasteiger partial charge in [0.15, 0.2) is 0 Å². The Kier molecular flexibility index (Phi) is 7.51. The van der Waals surface area contributed by atoms with Crippen molar-refractivity contribution in [3.05, 3.63) is 74.8 Å². The Morgan fingerprint density at radius 3 is 2.34 bits per heavy atom. The zero-order valence-corrected chi connectivity index (χ0v) is 18.6. The van der Waals surface area contributed by atoms with E-state index in [1.165, 1.54) is 30.3 Å². The van der Waals surface area contributed by atoms with Gasteiger partial charge in [-0.25, -0.2) is 0 Å². The fourth-order valence-electron chi connectivity index (χ4n) is 3.18.